The fourth-order valence-corrected chi connectivity index (χ4v) is 4.20. The highest BCUT2D eigenvalue weighted by atomic mass is 16.6. The normalized spacial score (nSPS) is 12.1. The number of benzene rings is 3. The van der Waals surface area contributed by atoms with Crippen LogP contribution < -0.4 is 15.8 Å². The molecule has 0 saturated carbocycles. The van der Waals surface area contributed by atoms with Gasteiger partial charge in [-0.1, -0.05) is 69.7 Å². The van der Waals surface area contributed by atoms with E-state index in [0.717, 1.165) is 42.3 Å². The lowest BCUT2D eigenvalue weighted by Crippen LogP contribution is -2.41. The number of ether oxygens (including phenoxy) is 2. The molecule has 9 heteroatoms. The largest absolute Gasteiger partial charge is 0.491 e. The van der Waals surface area contributed by atoms with E-state index in [0.29, 0.717) is 23.6 Å². The zero-order chi connectivity index (χ0) is 30.4. The number of anilines is 1. The molecule has 0 saturated heterocycles. The maximum atomic E-state index is 12.2. The van der Waals surface area contributed by atoms with Gasteiger partial charge in [0.2, 0.25) is 5.91 Å². The van der Waals surface area contributed by atoms with Crippen molar-refractivity contribution < 1.29 is 29.0 Å². The molecule has 3 aromatic carbocycles. The Morgan fingerprint density at radius 1 is 0.976 bits per heavy atom. The lowest BCUT2D eigenvalue weighted by atomic mass is 10.0. The third-order valence-corrected chi connectivity index (χ3v) is 6.54. The summed E-state index contributed by atoms with van der Waals surface area (Å²) in [4.78, 5) is 36.4. The molecule has 0 heterocycles. The number of nitrogens with two attached hydrogens (primary N) is 1. The van der Waals surface area contributed by atoms with E-state index in [1.165, 1.54) is 6.92 Å². The Morgan fingerprint density at radius 3 is 2.27 bits per heavy atom. The monoisotopic (exact) mass is 565 g/mol. The summed E-state index contributed by atoms with van der Waals surface area (Å²) in [6.07, 6.45) is 2.01. The van der Waals surface area contributed by atoms with Crippen molar-refractivity contribution in [3.05, 3.63) is 71.8 Å². The van der Waals surface area contributed by atoms with Gasteiger partial charge in [0.15, 0.2) is 6.23 Å². The van der Waals surface area contributed by atoms with Crippen LogP contribution in [0.4, 0.5) is 5.69 Å². The number of aliphatic carboxylic acids is 1. The van der Waals surface area contributed by atoms with Crippen LogP contribution in [0.2, 0.25) is 0 Å². The molecule has 41 heavy (non-hydrogen) atoms. The molecule has 222 valence electrons. The van der Waals surface area contributed by atoms with Gasteiger partial charge in [-0.3, -0.25) is 9.69 Å². The van der Waals surface area contributed by atoms with Crippen molar-refractivity contribution in [1.82, 2.24) is 10.2 Å². The molecule has 4 N–H and O–H groups in total. The number of hydrogen-bond acceptors (Lipinski definition) is 7. The summed E-state index contributed by atoms with van der Waals surface area (Å²) >= 11 is 0. The second-order valence-electron chi connectivity index (χ2n) is 9.66. The number of amides is 1. The van der Waals surface area contributed by atoms with Crippen LogP contribution in [0.25, 0.3) is 10.8 Å². The zero-order valence-electron chi connectivity index (χ0n) is 24.7. The number of fused-ring (bicyclic) bond motifs is 1. The van der Waals surface area contributed by atoms with Gasteiger partial charge in [-0.25, -0.2) is 9.59 Å². The Hall–Kier alpha value is -4.11. The van der Waals surface area contributed by atoms with Gasteiger partial charge >= 0.3 is 11.9 Å². The number of unbranched alkanes of at least 4 members (excludes halogenated alkanes) is 1. The van der Waals surface area contributed by atoms with Gasteiger partial charge in [0, 0.05) is 13.3 Å². The number of nitrogens with zero attached hydrogens (tertiary/aromatic N) is 1. The highest BCUT2D eigenvalue weighted by Crippen LogP contribution is 2.24. The maximum Gasteiger partial charge on any atom is 0.339 e. The average molecular weight is 566 g/mol. The van der Waals surface area contributed by atoms with Gasteiger partial charge in [0.1, 0.15) is 11.8 Å². The minimum Gasteiger partial charge on any atom is -0.491 e. The van der Waals surface area contributed by atoms with Crippen molar-refractivity contribution in [2.45, 2.75) is 66.2 Å². The van der Waals surface area contributed by atoms with Crippen LogP contribution in [-0.4, -0.2) is 59.8 Å². The van der Waals surface area contributed by atoms with Crippen LogP contribution >= 0.6 is 0 Å². The zero-order valence-corrected chi connectivity index (χ0v) is 24.7. The molecule has 3 rings (SSSR count). The summed E-state index contributed by atoms with van der Waals surface area (Å²) < 4.78 is 11.1. The van der Waals surface area contributed by atoms with Crippen LogP contribution in [0.1, 0.15) is 63.4 Å². The Morgan fingerprint density at radius 2 is 1.66 bits per heavy atom. The Bertz CT molecular complexity index is 1290. The summed E-state index contributed by atoms with van der Waals surface area (Å²) in [5.41, 5.74) is 7.76. The van der Waals surface area contributed by atoms with Crippen molar-refractivity contribution in [3.63, 3.8) is 0 Å². The number of nitrogen functional groups attached to an aromatic ring is 1. The van der Waals surface area contributed by atoms with Gasteiger partial charge in [0.05, 0.1) is 17.9 Å². The van der Waals surface area contributed by atoms with Gasteiger partial charge in [0.25, 0.3) is 0 Å². The first kappa shape index (κ1) is 33.1. The predicted molar refractivity (Wildman–Crippen MR) is 162 cm³/mol. The van der Waals surface area contributed by atoms with Gasteiger partial charge < -0.3 is 25.6 Å². The summed E-state index contributed by atoms with van der Waals surface area (Å²) in [6.45, 7) is 11.6. The molecule has 1 amide bonds. The number of carboxylic acid groups (broad SMARTS) is 1. The smallest absolute Gasteiger partial charge is 0.339 e. The fourth-order valence-electron chi connectivity index (χ4n) is 4.20. The van der Waals surface area contributed by atoms with Crippen molar-refractivity contribution in [1.29, 1.82) is 0 Å². The van der Waals surface area contributed by atoms with Crippen LogP contribution in [0.3, 0.4) is 0 Å². The lowest BCUT2D eigenvalue weighted by molar-refractivity contribution is -0.141. The predicted octanol–water partition coefficient (Wildman–Crippen LogP) is 5.26. The third-order valence-electron chi connectivity index (χ3n) is 6.54. The molecule has 9 nitrogen and oxygen atoms in total. The minimum absolute atomic E-state index is 0.260. The van der Waals surface area contributed by atoms with E-state index >= 15 is 0 Å². The first-order valence-corrected chi connectivity index (χ1v) is 14.0. The highest BCUT2D eigenvalue weighted by Gasteiger charge is 2.19. The number of carboxylic acids is 1. The molecular formula is C32H43N3O6. The molecule has 1 unspecified atom stereocenters. The molecule has 0 fully saturated rings. The standard InChI is InChI=1S/C17H28N2O3.C15H15NO3/c1-5-8-11-21-16-12-14(9-10-15(16)18)17(20)22-13(4)19(6-2)7-3;1-10(17)16-14(15(18)19)9-11-6-7-12-4-2-3-5-13(12)8-11/h9-10,12-13H,5-8,11,18H2,1-4H3;2-8,14H,9H2,1H3,(H,16,17)(H,18,19)/t;14-/m.1/s1. The number of esters is 1. The van der Waals surface area contributed by atoms with Crippen molar-refractivity contribution in [3.8, 4) is 5.75 Å². The fraction of sp³-hybridized carbons (Fsp3) is 0.406. The van der Waals surface area contributed by atoms with Gasteiger partial charge in [-0.2, -0.15) is 0 Å². The molecule has 0 aliphatic heterocycles. The summed E-state index contributed by atoms with van der Waals surface area (Å²) in [5, 5.41) is 13.7. The number of rotatable bonds is 13. The van der Waals surface area contributed by atoms with Crippen molar-refractivity contribution in [2.24, 2.45) is 0 Å². The molecule has 0 spiro atoms. The summed E-state index contributed by atoms with van der Waals surface area (Å²) in [6, 6.07) is 17.8. The van der Waals surface area contributed by atoms with E-state index in [4.69, 9.17) is 20.3 Å². The second kappa shape index (κ2) is 16.9. The first-order chi connectivity index (χ1) is 19.6. The van der Waals surface area contributed by atoms with E-state index in [-0.39, 0.29) is 24.5 Å². The highest BCUT2D eigenvalue weighted by molar-refractivity contribution is 5.90. The average Bonchev–Trinajstić information content (AvgIpc) is 2.94. The first-order valence-electron chi connectivity index (χ1n) is 14.0. The van der Waals surface area contributed by atoms with E-state index in [1.807, 2.05) is 63.2 Å². The van der Waals surface area contributed by atoms with Crippen LogP contribution in [0, 0.1) is 0 Å². The Kier molecular flexibility index (Phi) is 13.6. The number of carbonyl (C=O) groups is 3. The summed E-state index contributed by atoms with van der Waals surface area (Å²) in [5.74, 6) is -1.19. The lowest BCUT2D eigenvalue weighted by Gasteiger charge is -2.25. The number of carbonyl (C=O) groups excluding carboxylic acids is 2. The third kappa shape index (κ3) is 10.8. The van der Waals surface area contributed by atoms with E-state index in [1.54, 1.807) is 18.2 Å². The summed E-state index contributed by atoms with van der Waals surface area (Å²) in [7, 11) is 0. The maximum absolute atomic E-state index is 12.2. The van der Waals surface area contributed by atoms with Crippen molar-refractivity contribution >= 4 is 34.3 Å². The molecular weight excluding hydrogens is 522 g/mol. The SMILES string of the molecule is CC(=O)N[C@H](Cc1ccc2ccccc2c1)C(=O)O.CCCCOc1cc(C(=O)OC(C)N(CC)CC)ccc1N. The van der Waals surface area contributed by atoms with Gasteiger partial charge in [-0.15, -0.1) is 0 Å². The van der Waals surface area contributed by atoms with Crippen LogP contribution in [-0.2, 0) is 20.7 Å². The quantitative estimate of drug-likeness (QED) is 0.111. The molecule has 0 aromatic heterocycles. The van der Waals surface area contributed by atoms with E-state index < -0.39 is 12.0 Å². The minimum atomic E-state index is -1.02. The number of hydrogen-bond donors (Lipinski definition) is 3. The van der Waals surface area contributed by atoms with E-state index in [9.17, 15) is 14.4 Å². The molecule has 3 aromatic rings. The van der Waals surface area contributed by atoms with Crippen LogP contribution in [0.15, 0.2) is 60.7 Å². The second-order valence-corrected chi connectivity index (χ2v) is 9.66. The molecule has 0 bridgehead atoms. The van der Waals surface area contributed by atoms with Gasteiger partial charge in [-0.05, 0) is 61.0 Å². The van der Waals surface area contributed by atoms with Crippen molar-refractivity contribution in [2.75, 3.05) is 25.4 Å². The molecule has 0 aliphatic rings. The Balaban J connectivity index is 0.000000289. The topological polar surface area (TPSA) is 131 Å². The van der Waals surface area contributed by atoms with Crippen LogP contribution in [0.5, 0.6) is 5.75 Å². The molecule has 2 atom stereocenters. The van der Waals surface area contributed by atoms with E-state index in [2.05, 4.69) is 17.1 Å². The Labute approximate surface area is 242 Å². The molecule has 0 aliphatic carbocycles. The number of nitrogens with one attached hydrogen (secondary N) is 1. The molecule has 0 radical (unpaired) electrons.